The number of halogens is 1. The highest BCUT2D eigenvalue weighted by atomic mass is 32.2. The minimum Gasteiger partial charge on any atom is -0.494 e. The van der Waals surface area contributed by atoms with Crippen molar-refractivity contribution in [2.45, 2.75) is 51.1 Å². The summed E-state index contributed by atoms with van der Waals surface area (Å²) in [5, 5.41) is 2.94. The average Bonchev–Trinajstić information content (AvgIpc) is 3.06. The second kappa shape index (κ2) is 16.0. The molecule has 0 bridgehead atoms. The molecule has 0 heterocycles. The van der Waals surface area contributed by atoms with E-state index in [9.17, 15) is 22.4 Å². The van der Waals surface area contributed by atoms with Gasteiger partial charge in [0.15, 0.2) is 0 Å². The predicted molar refractivity (Wildman–Crippen MR) is 178 cm³/mol. The molecule has 4 aromatic rings. The number of ether oxygens (including phenoxy) is 1. The van der Waals surface area contributed by atoms with Gasteiger partial charge in [0.05, 0.1) is 17.2 Å². The molecule has 0 aliphatic rings. The number of sulfonamides is 1. The maximum atomic E-state index is 14.5. The monoisotopic (exact) mass is 645 g/mol. The molecule has 1 N–H and O–H groups in total. The highest BCUT2D eigenvalue weighted by Crippen LogP contribution is 2.27. The fourth-order valence-corrected chi connectivity index (χ4v) is 6.44. The molecule has 46 heavy (non-hydrogen) atoms. The van der Waals surface area contributed by atoms with Crippen LogP contribution >= 0.6 is 0 Å². The van der Waals surface area contributed by atoms with Gasteiger partial charge in [0.1, 0.15) is 24.2 Å². The number of nitrogens with zero attached hydrogens (tertiary/aromatic N) is 2. The Morgan fingerprint density at radius 2 is 1.52 bits per heavy atom. The zero-order chi connectivity index (χ0) is 33.1. The Labute approximate surface area is 270 Å². The van der Waals surface area contributed by atoms with Crippen LogP contribution in [0.1, 0.15) is 37.0 Å². The van der Waals surface area contributed by atoms with Crippen LogP contribution in [0.2, 0.25) is 0 Å². The van der Waals surface area contributed by atoms with Crippen molar-refractivity contribution < 1.29 is 27.1 Å². The van der Waals surface area contributed by atoms with Crippen molar-refractivity contribution >= 4 is 27.5 Å². The first-order valence-corrected chi connectivity index (χ1v) is 16.7. The molecule has 0 radical (unpaired) electrons. The molecule has 10 heteroatoms. The van der Waals surface area contributed by atoms with Gasteiger partial charge in [0, 0.05) is 19.5 Å². The molecule has 8 nitrogen and oxygen atoms in total. The summed E-state index contributed by atoms with van der Waals surface area (Å²) in [6.07, 6.45) is 0.929. The number of hydrogen-bond donors (Lipinski definition) is 1. The van der Waals surface area contributed by atoms with Crippen LogP contribution in [0.3, 0.4) is 0 Å². The van der Waals surface area contributed by atoms with Crippen molar-refractivity contribution in [1.82, 2.24) is 10.2 Å². The van der Waals surface area contributed by atoms with E-state index in [4.69, 9.17) is 4.74 Å². The molecular formula is C36H40FN3O5S. The van der Waals surface area contributed by atoms with Crippen molar-refractivity contribution in [1.29, 1.82) is 0 Å². The molecule has 1 atom stereocenters. The van der Waals surface area contributed by atoms with Crippen molar-refractivity contribution in [2.24, 2.45) is 0 Å². The number of carbonyl (C=O) groups excluding carboxylic acids is 2. The van der Waals surface area contributed by atoms with Crippen LogP contribution in [0.15, 0.2) is 108 Å². The van der Waals surface area contributed by atoms with Gasteiger partial charge < -0.3 is 15.0 Å². The first kappa shape index (κ1) is 34.2. The Bertz CT molecular complexity index is 1700. The van der Waals surface area contributed by atoms with Crippen LogP contribution in [0.5, 0.6) is 5.75 Å². The van der Waals surface area contributed by atoms with E-state index in [2.05, 4.69) is 5.32 Å². The standard InChI is InChI=1S/C36H40FN3O5S/c1-4-23-38-36(42)34(24-28-12-7-6-8-13-28)39(25-29-14-10-9-11-27(29)3)35(41)26-40(31-17-19-32(20-18-31)45-5-2)46(43,44)33-21-15-30(37)16-22-33/h6-22,34H,4-5,23-26H2,1-3H3,(H,38,42). The SMILES string of the molecule is CCCNC(=O)C(Cc1ccccc1)N(Cc1ccccc1C)C(=O)CN(c1ccc(OCC)cc1)S(=O)(=O)c1ccc(F)cc1. The first-order valence-electron chi connectivity index (χ1n) is 15.3. The molecule has 0 saturated carbocycles. The minimum absolute atomic E-state index is 0.0796. The lowest BCUT2D eigenvalue weighted by Crippen LogP contribution is -2.53. The zero-order valence-corrected chi connectivity index (χ0v) is 27.2. The summed E-state index contributed by atoms with van der Waals surface area (Å²) >= 11 is 0. The molecule has 0 spiro atoms. The Balaban J connectivity index is 1.80. The van der Waals surface area contributed by atoms with Gasteiger partial charge in [0.2, 0.25) is 11.8 Å². The second-order valence-electron chi connectivity index (χ2n) is 10.8. The molecule has 2 amide bonds. The third-order valence-electron chi connectivity index (χ3n) is 7.54. The Kier molecular flexibility index (Phi) is 11.9. The van der Waals surface area contributed by atoms with Gasteiger partial charge in [-0.05, 0) is 85.5 Å². The van der Waals surface area contributed by atoms with Crippen LogP contribution in [0.4, 0.5) is 10.1 Å². The summed E-state index contributed by atoms with van der Waals surface area (Å²) < 4.78 is 48.5. The summed E-state index contributed by atoms with van der Waals surface area (Å²) in [6, 6.07) is 26.8. The van der Waals surface area contributed by atoms with Crippen molar-refractivity contribution in [3.05, 3.63) is 126 Å². The van der Waals surface area contributed by atoms with Gasteiger partial charge in [-0.1, -0.05) is 61.5 Å². The fraction of sp³-hybridized carbons (Fsp3) is 0.278. The highest BCUT2D eigenvalue weighted by molar-refractivity contribution is 7.92. The van der Waals surface area contributed by atoms with Gasteiger partial charge in [-0.3, -0.25) is 13.9 Å². The highest BCUT2D eigenvalue weighted by Gasteiger charge is 2.34. The molecule has 0 aliphatic carbocycles. The van der Waals surface area contributed by atoms with Gasteiger partial charge >= 0.3 is 0 Å². The number of rotatable bonds is 15. The number of hydrogen-bond acceptors (Lipinski definition) is 5. The van der Waals surface area contributed by atoms with Crippen LogP contribution < -0.4 is 14.4 Å². The molecule has 0 aliphatic heterocycles. The molecule has 0 saturated heterocycles. The van der Waals surface area contributed by atoms with Crippen LogP contribution in [-0.4, -0.2) is 50.9 Å². The minimum atomic E-state index is -4.35. The number of benzene rings is 4. The summed E-state index contributed by atoms with van der Waals surface area (Å²) in [4.78, 5) is 29.5. The van der Waals surface area contributed by atoms with Crippen LogP contribution in [-0.2, 0) is 32.6 Å². The van der Waals surface area contributed by atoms with Gasteiger partial charge in [-0.2, -0.15) is 0 Å². The lowest BCUT2D eigenvalue weighted by Gasteiger charge is -2.34. The molecule has 0 fully saturated rings. The van der Waals surface area contributed by atoms with Crippen molar-refractivity contribution in [2.75, 3.05) is 24.0 Å². The summed E-state index contributed by atoms with van der Waals surface area (Å²) in [7, 11) is -4.35. The largest absolute Gasteiger partial charge is 0.494 e. The molecular weight excluding hydrogens is 605 g/mol. The van der Waals surface area contributed by atoms with E-state index < -0.39 is 34.3 Å². The predicted octanol–water partition coefficient (Wildman–Crippen LogP) is 5.89. The van der Waals surface area contributed by atoms with E-state index >= 15 is 0 Å². The molecule has 1 unspecified atom stereocenters. The first-order chi connectivity index (χ1) is 22.1. The van der Waals surface area contributed by atoms with Gasteiger partial charge in [-0.25, -0.2) is 12.8 Å². The van der Waals surface area contributed by atoms with Gasteiger partial charge in [-0.15, -0.1) is 0 Å². The van der Waals surface area contributed by atoms with Crippen molar-refractivity contribution in [3.8, 4) is 5.75 Å². The molecule has 4 rings (SSSR count). The summed E-state index contributed by atoms with van der Waals surface area (Å²) in [5.74, 6) is -0.959. The van der Waals surface area contributed by atoms with E-state index in [-0.39, 0.29) is 29.5 Å². The number of amides is 2. The summed E-state index contributed by atoms with van der Waals surface area (Å²) in [5.41, 5.74) is 2.82. The number of carbonyl (C=O) groups is 2. The second-order valence-corrected chi connectivity index (χ2v) is 12.7. The van der Waals surface area contributed by atoms with E-state index in [1.165, 1.54) is 4.90 Å². The van der Waals surface area contributed by atoms with Crippen molar-refractivity contribution in [3.63, 3.8) is 0 Å². The average molecular weight is 646 g/mol. The van der Waals surface area contributed by atoms with E-state index in [1.807, 2.05) is 75.4 Å². The maximum absolute atomic E-state index is 14.5. The van der Waals surface area contributed by atoms with E-state index in [0.29, 0.717) is 25.3 Å². The Morgan fingerprint density at radius 3 is 2.15 bits per heavy atom. The molecule has 242 valence electrons. The van der Waals surface area contributed by atoms with E-state index in [1.54, 1.807) is 24.3 Å². The van der Waals surface area contributed by atoms with Crippen LogP contribution in [0.25, 0.3) is 0 Å². The van der Waals surface area contributed by atoms with Gasteiger partial charge in [0.25, 0.3) is 10.0 Å². The quantitative estimate of drug-likeness (QED) is 0.174. The smallest absolute Gasteiger partial charge is 0.264 e. The number of aryl methyl sites for hydroxylation is 1. The van der Waals surface area contributed by atoms with Crippen LogP contribution in [0, 0.1) is 12.7 Å². The third kappa shape index (κ3) is 8.72. The van der Waals surface area contributed by atoms with E-state index in [0.717, 1.165) is 45.3 Å². The summed E-state index contributed by atoms with van der Waals surface area (Å²) in [6.45, 7) is 6.02. The normalized spacial score (nSPS) is 11.8. The lowest BCUT2D eigenvalue weighted by molar-refractivity contribution is -0.140. The molecule has 0 aromatic heterocycles. The Hall–Kier alpha value is -4.70. The molecule has 4 aromatic carbocycles. The zero-order valence-electron chi connectivity index (χ0n) is 26.4. The Morgan fingerprint density at radius 1 is 0.870 bits per heavy atom. The lowest BCUT2D eigenvalue weighted by atomic mass is 10.0. The third-order valence-corrected chi connectivity index (χ3v) is 9.33. The fourth-order valence-electron chi connectivity index (χ4n) is 5.03. The number of nitrogens with one attached hydrogen (secondary N) is 1. The topological polar surface area (TPSA) is 96.0 Å². The maximum Gasteiger partial charge on any atom is 0.264 e. The number of anilines is 1.